The summed E-state index contributed by atoms with van der Waals surface area (Å²) in [6, 6.07) is 8.78. The van der Waals surface area contributed by atoms with Crippen LogP contribution < -0.4 is 0 Å². The minimum atomic E-state index is 0.177. The van der Waals surface area contributed by atoms with Crippen LogP contribution in [-0.4, -0.2) is 60.6 Å². The zero-order valence-corrected chi connectivity index (χ0v) is 19.1. The van der Waals surface area contributed by atoms with E-state index >= 15 is 0 Å². The summed E-state index contributed by atoms with van der Waals surface area (Å²) in [6.07, 6.45) is 4.39. The predicted octanol–water partition coefficient (Wildman–Crippen LogP) is 4.26. The summed E-state index contributed by atoms with van der Waals surface area (Å²) in [5, 5.41) is 0. The molecule has 1 amide bonds. The number of carbonyl (C=O) groups excluding carboxylic acids is 1. The van der Waals surface area contributed by atoms with Gasteiger partial charge in [-0.05, 0) is 55.6 Å². The molecule has 2 atom stereocenters. The van der Waals surface area contributed by atoms with Crippen molar-refractivity contribution in [2.45, 2.75) is 77.9 Å². The number of amides is 1. The number of likely N-dealkylation sites (tertiary alicyclic amines) is 1. The van der Waals surface area contributed by atoms with Crippen molar-refractivity contribution in [3.63, 3.8) is 0 Å². The van der Waals surface area contributed by atoms with Crippen molar-refractivity contribution in [1.29, 1.82) is 0 Å². The fourth-order valence-corrected chi connectivity index (χ4v) is 4.74. The molecular formula is C25H40N2O2. The van der Waals surface area contributed by atoms with Gasteiger partial charge in [0.15, 0.2) is 0 Å². The summed E-state index contributed by atoms with van der Waals surface area (Å²) < 4.78 is 5.85. The number of hydrogen-bond acceptors (Lipinski definition) is 3. The normalized spacial score (nSPS) is 24.7. The first kappa shape index (κ1) is 22.3. The minimum Gasteiger partial charge on any atom is -0.373 e. The molecule has 1 aromatic carbocycles. The van der Waals surface area contributed by atoms with Crippen LogP contribution in [0.15, 0.2) is 24.3 Å². The maximum atomic E-state index is 12.7. The molecule has 4 nitrogen and oxygen atoms in total. The number of carbonyl (C=O) groups is 1. The van der Waals surface area contributed by atoms with Gasteiger partial charge in [-0.25, -0.2) is 0 Å². The third-order valence-corrected chi connectivity index (χ3v) is 6.43. The smallest absolute Gasteiger partial charge is 0.222 e. The second-order valence-electron chi connectivity index (χ2n) is 10.2. The lowest BCUT2D eigenvalue weighted by Crippen LogP contribution is -2.48. The SMILES string of the molecule is CC1CN(CC2CCN(C(=O)CCc3ccc(C(C)(C)C)cc3)CC2)CC(C)O1. The average molecular weight is 401 g/mol. The summed E-state index contributed by atoms with van der Waals surface area (Å²) in [5.74, 6) is 1.03. The minimum absolute atomic E-state index is 0.177. The Kier molecular flexibility index (Phi) is 7.39. The highest BCUT2D eigenvalue weighted by atomic mass is 16.5. The molecule has 2 saturated heterocycles. The molecule has 0 N–H and O–H groups in total. The van der Waals surface area contributed by atoms with E-state index in [9.17, 15) is 4.79 Å². The highest BCUT2D eigenvalue weighted by Crippen LogP contribution is 2.24. The zero-order chi connectivity index (χ0) is 21.0. The van der Waals surface area contributed by atoms with Gasteiger partial charge in [-0.15, -0.1) is 0 Å². The molecule has 0 spiro atoms. The molecular weight excluding hydrogens is 360 g/mol. The molecule has 2 fully saturated rings. The Labute approximate surface area is 177 Å². The second kappa shape index (κ2) is 9.61. The van der Waals surface area contributed by atoms with Gasteiger partial charge in [0, 0.05) is 39.1 Å². The van der Waals surface area contributed by atoms with Gasteiger partial charge < -0.3 is 9.64 Å². The van der Waals surface area contributed by atoms with Crippen LogP contribution in [0.4, 0.5) is 0 Å². The van der Waals surface area contributed by atoms with Crippen LogP contribution in [0.2, 0.25) is 0 Å². The Morgan fingerprint density at radius 2 is 1.62 bits per heavy atom. The van der Waals surface area contributed by atoms with E-state index in [1.807, 2.05) is 0 Å². The van der Waals surface area contributed by atoms with Gasteiger partial charge in [0.05, 0.1) is 12.2 Å². The van der Waals surface area contributed by atoms with E-state index in [2.05, 4.69) is 68.7 Å². The van der Waals surface area contributed by atoms with Crippen LogP contribution >= 0.6 is 0 Å². The number of hydrogen-bond donors (Lipinski definition) is 0. The van der Waals surface area contributed by atoms with Crippen LogP contribution in [0.3, 0.4) is 0 Å². The lowest BCUT2D eigenvalue weighted by atomic mass is 9.86. The van der Waals surface area contributed by atoms with Crippen molar-refractivity contribution in [3.05, 3.63) is 35.4 Å². The molecule has 2 unspecified atom stereocenters. The Bertz CT molecular complexity index is 646. The van der Waals surface area contributed by atoms with Crippen LogP contribution in [0.25, 0.3) is 0 Å². The van der Waals surface area contributed by atoms with Gasteiger partial charge in [0.2, 0.25) is 5.91 Å². The maximum Gasteiger partial charge on any atom is 0.222 e. The highest BCUT2D eigenvalue weighted by Gasteiger charge is 2.27. The van der Waals surface area contributed by atoms with E-state index < -0.39 is 0 Å². The van der Waals surface area contributed by atoms with Crippen LogP contribution in [0.1, 0.15) is 65.0 Å². The fourth-order valence-electron chi connectivity index (χ4n) is 4.74. The average Bonchev–Trinajstić information content (AvgIpc) is 2.65. The third kappa shape index (κ3) is 6.55. The number of morpholine rings is 1. The standard InChI is InChI=1S/C25H40N2O2/c1-19-16-26(17-20(2)29-19)18-22-12-14-27(15-13-22)24(28)11-8-21-6-9-23(10-7-21)25(3,4)5/h6-7,9-10,19-20,22H,8,11-18H2,1-5H3. The second-order valence-corrected chi connectivity index (χ2v) is 10.2. The molecule has 0 saturated carbocycles. The van der Waals surface area contributed by atoms with Crippen molar-refractivity contribution >= 4 is 5.91 Å². The summed E-state index contributed by atoms with van der Waals surface area (Å²) in [5.41, 5.74) is 2.78. The monoisotopic (exact) mass is 400 g/mol. The number of piperidine rings is 1. The Hall–Kier alpha value is -1.39. The zero-order valence-electron chi connectivity index (χ0n) is 19.1. The fraction of sp³-hybridized carbons (Fsp3) is 0.720. The molecule has 3 rings (SSSR count). The number of benzene rings is 1. The first-order valence-corrected chi connectivity index (χ1v) is 11.5. The van der Waals surface area contributed by atoms with Crippen LogP contribution in [0.5, 0.6) is 0 Å². The van der Waals surface area contributed by atoms with Gasteiger partial charge in [-0.2, -0.15) is 0 Å². The first-order chi connectivity index (χ1) is 13.7. The number of nitrogens with zero attached hydrogens (tertiary/aromatic N) is 2. The molecule has 0 aromatic heterocycles. The molecule has 0 bridgehead atoms. The molecule has 2 heterocycles. The summed E-state index contributed by atoms with van der Waals surface area (Å²) in [7, 11) is 0. The van der Waals surface area contributed by atoms with Gasteiger partial charge >= 0.3 is 0 Å². The molecule has 29 heavy (non-hydrogen) atoms. The molecule has 0 aliphatic carbocycles. The number of aryl methyl sites for hydroxylation is 1. The number of rotatable bonds is 5. The van der Waals surface area contributed by atoms with Gasteiger partial charge in [-0.3, -0.25) is 9.69 Å². The quantitative estimate of drug-likeness (QED) is 0.740. The Balaban J connectivity index is 1.40. The van der Waals surface area contributed by atoms with E-state index in [-0.39, 0.29) is 5.41 Å². The van der Waals surface area contributed by atoms with E-state index in [1.54, 1.807) is 0 Å². The number of ether oxygens (including phenoxy) is 1. The van der Waals surface area contributed by atoms with E-state index in [1.165, 1.54) is 11.1 Å². The Morgan fingerprint density at radius 3 is 2.17 bits per heavy atom. The largest absolute Gasteiger partial charge is 0.373 e. The Morgan fingerprint density at radius 1 is 1.03 bits per heavy atom. The van der Waals surface area contributed by atoms with E-state index in [0.29, 0.717) is 30.5 Å². The van der Waals surface area contributed by atoms with Crippen LogP contribution in [0, 0.1) is 5.92 Å². The van der Waals surface area contributed by atoms with Crippen molar-refractivity contribution < 1.29 is 9.53 Å². The van der Waals surface area contributed by atoms with E-state index in [4.69, 9.17) is 4.74 Å². The predicted molar refractivity (Wildman–Crippen MR) is 119 cm³/mol. The third-order valence-electron chi connectivity index (χ3n) is 6.43. The van der Waals surface area contributed by atoms with E-state index in [0.717, 1.165) is 52.0 Å². The highest BCUT2D eigenvalue weighted by molar-refractivity contribution is 5.76. The van der Waals surface area contributed by atoms with Crippen molar-refractivity contribution in [2.75, 3.05) is 32.7 Å². The first-order valence-electron chi connectivity index (χ1n) is 11.5. The molecule has 4 heteroatoms. The van der Waals surface area contributed by atoms with Gasteiger partial charge in [0.25, 0.3) is 0 Å². The summed E-state index contributed by atoms with van der Waals surface area (Å²) in [4.78, 5) is 17.3. The van der Waals surface area contributed by atoms with Crippen molar-refractivity contribution in [3.8, 4) is 0 Å². The molecule has 1 aromatic rings. The molecule has 2 aliphatic heterocycles. The van der Waals surface area contributed by atoms with Crippen LogP contribution in [-0.2, 0) is 21.4 Å². The van der Waals surface area contributed by atoms with Gasteiger partial charge in [0.1, 0.15) is 0 Å². The van der Waals surface area contributed by atoms with Crippen molar-refractivity contribution in [2.24, 2.45) is 5.92 Å². The summed E-state index contributed by atoms with van der Waals surface area (Å²) >= 11 is 0. The lowest BCUT2D eigenvalue weighted by Gasteiger charge is -2.39. The van der Waals surface area contributed by atoms with Gasteiger partial charge in [-0.1, -0.05) is 45.0 Å². The van der Waals surface area contributed by atoms with Crippen molar-refractivity contribution in [1.82, 2.24) is 9.80 Å². The summed E-state index contributed by atoms with van der Waals surface area (Å²) in [6.45, 7) is 16.1. The molecule has 0 radical (unpaired) electrons. The molecule has 2 aliphatic rings. The lowest BCUT2D eigenvalue weighted by molar-refractivity contribution is -0.132. The molecule has 162 valence electrons. The topological polar surface area (TPSA) is 32.8 Å². The maximum absolute atomic E-state index is 12.7.